The van der Waals surface area contributed by atoms with Crippen LogP contribution in [-0.2, 0) is 28.6 Å². The molecule has 0 aliphatic rings. The molecule has 0 heterocycles. The van der Waals surface area contributed by atoms with Gasteiger partial charge in [0.15, 0.2) is 6.10 Å². The molecule has 6 heteroatoms. The third kappa shape index (κ3) is 67.1. The van der Waals surface area contributed by atoms with E-state index in [1.54, 1.807) is 0 Å². The summed E-state index contributed by atoms with van der Waals surface area (Å²) in [4.78, 5) is 38.1. The number of carbonyl (C=O) groups is 3. The molecule has 1 atom stereocenters. The molecule has 0 amide bonds. The van der Waals surface area contributed by atoms with E-state index in [1.165, 1.54) is 334 Å². The normalized spacial score (nSPS) is 11.9. The van der Waals surface area contributed by atoms with Crippen LogP contribution in [0, 0.1) is 0 Å². The smallest absolute Gasteiger partial charge is 0.306 e. The van der Waals surface area contributed by atoms with Crippen molar-refractivity contribution in [2.24, 2.45) is 0 Å². The van der Waals surface area contributed by atoms with Crippen molar-refractivity contribution in [3.05, 3.63) is 0 Å². The van der Waals surface area contributed by atoms with E-state index in [0.717, 1.165) is 57.8 Å². The molecule has 79 heavy (non-hydrogen) atoms. The lowest BCUT2D eigenvalue weighted by molar-refractivity contribution is -0.167. The van der Waals surface area contributed by atoms with E-state index in [9.17, 15) is 14.4 Å². The highest BCUT2D eigenvalue weighted by molar-refractivity contribution is 5.71. The number of esters is 3. The zero-order valence-corrected chi connectivity index (χ0v) is 54.2. The Morgan fingerprint density at radius 1 is 0.203 bits per heavy atom. The summed E-state index contributed by atoms with van der Waals surface area (Å²) in [7, 11) is 0. The lowest BCUT2D eigenvalue weighted by atomic mass is 10.0. The SMILES string of the molecule is CCCCCCCCCCCCCCCCCCCCCCCCCCCCCCCC(=O)OCC(COC(=O)CCCCCCCC)OC(=O)CCCCCCCCCCCCCCCCCCCCCCCCCCCC. The Hall–Kier alpha value is -1.59. The lowest BCUT2D eigenvalue weighted by Crippen LogP contribution is -2.30. The fraction of sp³-hybridized carbons (Fsp3) is 0.959. The Kier molecular flexibility index (Phi) is 67.5. The van der Waals surface area contributed by atoms with Crippen molar-refractivity contribution in [2.75, 3.05) is 13.2 Å². The van der Waals surface area contributed by atoms with E-state index >= 15 is 0 Å². The van der Waals surface area contributed by atoms with Gasteiger partial charge in [0.1, 0.15) is 13.2 Å². The second-order valence-corrected chi connectivity index (χ2v) is 25.2. The molecule has 0 aromatic rings. The van der Waals surface area contributed by atoms with Gasteiger partial charge < -0.3 is 14.2 Å². The Balaban J connectivity index is 3.92. The van der Waals surface area contributed by atoms with Crippen LogP contribution in [0.15, 0.2) is 0 Å². The van der Waals surface area contributed by atoms with Crippen molar-refractivity contribution < 1.29 is 28.6 Å². The van der Waals surface area contributed by atoms with Gasteiger partial charge in [-0.25, -0.2) is 0 Å². The topological polar surface area (TPSA) is 78.9 Å². The molecule has 0 aromatic carbocycles. The van der Waals surface area contributed by atoms with E-state index in [2.05, 4.69) is 20.8 Å². The summed E-state index contributed by atoms with van der Waals surface area (Å²) in [5.74, 6) is -0.836. The second kappa shape index (κ2) is 68.9. The third-order valence-corrected chi connectivity index (χ3v) is 17.1. The van der Waals surface area contributed by atoms with Crippen molar-refractivity contribution in [1.82, 2.24) is 0 Å². The van der Waals surface area contributed by atoms with Crippen molar-refractivity contribution in [2.45, 2.75) is 438 Å². The predicted molar refractivity (Wildman–Crippen MR) is 344 cm³/mol. The minimum absolute atomic E-state index is 0.0616. The lowest BCUT2D eigenvalue weighted by Gasteiger charge is -2.18. The minimum atomic E-state index is -0.762. The summed E-state index contributed by atoms with van der Waals surface area (Å²) in [5.41, 5.74) is 0. The first kappa shape index (κ1) is 77.4. The summed E-state index contributed by atoms with van der Waals surface area (Å²) < 4.78 is 16.9. The van der Waals surface area contributed by atoms with Crippen LogP contribution in [0.25, 0.3) is 0 Å². The molecule has 470 valence electrons. The van der Waals surface area contributed by atoms with Crippen LogP contribution in [0.3, 0.4) is 0 Å². The molecule has 0 spiro atoms. The fourth-order valence-corrected chi connectivity index (χ4v) is 11.6. The second-order valence-electron chi connectivity index (χ2n) is 25.2. The Morgan fingerprint density at radius 3 is 0.506 bits per heavy atom. The zero-order valence-electron chi connectivity index (χ0n) is 54.2. The zero-order chi connectivity index (χ0) is 57.1. The van der Waals surface area contributed by atoms with E-state index in [1.807, 2.05) is 0 Å². The van der Waals surface area contributed by atoms with Crippen molar-refractivity contribution >= 4 is 17.9 Å². The number of carbonyl (C=O) groups excluding carboxylic acids is 3. The van der Waals surface area contributed by atoms with Gasteiger partial charge in [-0.15, -0.1) is 0 Å². The maximum Gasteiger partial charge on any atom is 0.306 e. The van der Waals surface area contributed by atoms with Gasteiger partial charge in [-0.3, -0.25) is 14.4 Å². The van der Waals surface area contributed by atoms with Gasteiger partial charge in [-0.05, 0) is 19.3 Å². The van der Waals surface area contributed by atoms with Gasteiger partial charge >= 0.3 is 17.9 Å². The maximum atomic E-state index is 12.9. The quantitative estimate of drug-likeness (QED) is 0.0343. The first-order valence-electron chi connectivity index (χ1n) is 36.5. The van der Waals surface area contributed by atoms with Gasteiger partial charge in [0.05, 0.1) is 0 Å². The average molecular weight is 1120 g/mol. The van der Waals surface area contributed by atoms with Crippen LogP contribution >= 0.6 is 0 Å². The molecule has 1 unspecified atom stereocenters. The number of hydrogen-bond donors (Lipinski definition) is 0. The largest absolute Gasteiger partial charge is 0.462 e. The van der Waals surface area contributed by atoms with Gasteiger partial charge in [0.2, 0.25) is 0 Å². The van der Waals surface area contributed by atoms with Crippen LogP contribution in [0.5, 0.6) is 0 Å². The van der Waals surface area contributed by atoms with Crippen LogP contribution in [0.1, 0.15) is 432 Å². The molecule has 0 aromatic heterocycles. The molecule has 0 rings (SSSR count). The molecule has 0 aliphatic carbocycles. The van der Waals surface area contributed by atoms with Gasteiger partial charge in [0, 0.05) is 19.3 Å². The monoisotopic (exact) mass is 1120 g/mol. The van der Waals surface area contributed by atoms with Crippen LogP contribution < -0.4 is 0 Å². The maximum absolute atomic E-state index is 12.9. The number of hydrogen-bond acceptors (Lipinski definition) is 6. The molecule has 6 nitrogen and oxygen atoms in total. The minimum Gasteiger partial charge on any atom is -0.462 e. The highest BCUT2D eigenvalue weighted by Crippen LogP contribution is 2.20. The summed E-state index contributed by atoms with van der Waals surface area (Å²) in [6.45, 7) is 6.68. The standard InChI is InChI=1S/C73H142O6/c1-4-7-10-13-16-18-20-22-24-26-28-30-32-34-36-37-38-40-41-43-45-47-49-51-53-55-57-60-63-66-72(75)78-69-70(68-77-71(74)65-62-59-15-12-9-6-3)79-73(76)67-64-61-58-56-54-52-50-48-46-44-42-39-35-33-31-29-27-25-23-21-19-17-14-11-8-5-2/h70H,4-69H2,1-3H3. The van der Waals surface area contributed by atoms with E-state index in [-0.39, 0.29) is 31.1 Å². The Morgan fingerprint density at radius 2 is 0.342 bits per heavy atom. The Labute approximate surface area is 495 Å². The van der Waals surface area contributed by atoms with Gasteiger partial charge in [0.25, 0.3) is 0 Å². The number of unbranched alkanes of at least 4 members (excludes halogenated alkanes) is 58. The molecular weight excluding hydrogens is 973 g/mol. The summed E-state index contributed by atoms with van der Waals surface area (Å²) in [5, 5.41) is 0. The van der Waals surface area contributed by atoms with Crippen LogP contribution in [0.2, 0.25) is 0 Å². The third-order valence-electron chi connectivity index (χ3n) is 17.1. The summed E-state index contributed by atoms with van der Waals surface area (Å²) in [6, 6.07) is 0. The first-order valence-corrected chi connectivity index (χ1v) is 36.5. The van der Waals surface area contributed by atoms with E-state index in [0.29, 0.717) is 19.3 Å². The molecule has 0 fully saturated rings. The highest BCUT2D eigenvalue weighted by Gasteiger charge is 2.20. The predicted octanol–water partition coefficient (Wildman–Crippen LogP) is 25.0. The summed E-state index contributed by atoms with van der Waals surface area (Å²) >= 11 is 0. The highest BCUT2D eigenvalue weighted by atomic mass is 16.6. The van der Waals surface area contributed by atoms with E-state index in [4.69, 9.17) is 14.2 Å². The number of ether oxygens (including phenoxy) is 3. The van der Waals surface area contributed by atoms with Crippen molar-refractivity contribution in [1.29, 1.82) is 0 Å². The van der Waals surface area contributed by atoms with Crippen LogP contribution in [0.4, 0.5) is 0 Å². The molecule has 0 N–H and O–H groups in total. The Bertz CT molecular complexity index is 1190. The number of rotatable bonds is 69. The fourth-order valence-electron chi connectivity index (χ4n) is 11.6. The average Bonchev–Trinajstić information content (AvgIpc) is 3.45. The van der Waals surface area contributed by atoms with Gasteiger partial charge in [-0.2, -0.15) is 0 Å². The van der Waals surface area contributed by atoms with Crippen molar-refractivity contribution in [3.63, 3.8) is 0 Å². The molecule has 0 saturated heterocycles. The molecule has 0 bridgehead atoms. The summed E-state index contributed by atoms with van der Waals surface area (Å²) in [6.07, 6.45) is 82.0. The van der Waals surface area contributed by atoms with Crippen LogP contribution in [-0.4, -0.2) is 37.2 Å². The van der Waals surface area contributed by atoms with E-state index < -0.39 is 6.10 Å². The van der Waals surface area contributed by atoms with Crippen molar-refractivity contribution in [3.8, 4) is 0 Å². The first-order chi connectivity index (χ1) is 39.0. The molecule has 0 radical (unpaired) electrons. The van der Waals surface area contributed by atoms with Gasteiger partial charge in [-0.1, -0.05) is 393 Å². The molecule has 0 saturated carbocycles. The molecular formula is C73H142O6. The molecule has 0 aliphatic heterocycles.